The monoisotopic (exact) mass is 285 g/mol. The minimum Gasteiger partial charge on any atom is -0.261 e. The van der Waals surface area contributed by atoms with Crippen molar-refractivity contribution in [3.05, 3.63) is 35.9 Å². The van der Waals surface area contributed by atoms with Crippen LogP contribution in [0.1, 0.15) is 11.3 Å². The molecule has 0 unspecified atom stereocenters. The summed E-state index contributed by atoms with van der Waals surface area (Å²) in [4.78, 5) is 4.33. The second kappa shape index (κ2) is 4.70. The topological polar surface area (TPSA) is 64.8 Å². The van der Waals surface area contributed by atoms with Crippen LogP contribution in [0.2, 0.25) is 0 Å². The van der Waals surface area contributed by atoms with Crippen molar-refractivity contribution in [2.24, 2.45) is 0 Å². The van der Waals surface area contributed by atoms with Gasteiger partial charge in [-0.05, 0) is 13.0 Å². The van der Waals surface area contributed by atoms with Gasteiger partial charge in [0, 0.05) is 29.9 Å². The molecule has 18 heavy (non-hydrogen) atoms. The summed E-state index contributed by atoms with van der Waals surface area (Å²) in [5.74, 6) is 0.288. The van der Waals surface area contributed by atoms with Crippen LogP contribution in [0.3, 0.4) is 0 Å². The third-order valence-corrected chi connectivity index (χ3v) is 3.83. The summed E-state index contributed by atoms with van der Waals surface area (Å²) < 4.78 is 24.3. The Morgan fingerprint density at radius 2 is 2.11 bits per heavy atom. The summed E-state index contributed by atoms with van der Waals surface area (Å²) in [6.45, 7) is 1.85. The Bertz CT molecular complexity index is 679. The molecule has 96 valence electrons. The van der Waals surface area contributed by atoms with Crippen molar-refractivity contribution >= 4 is 21.4 Å². The van der Waals surface area contributed by atoms with E-state index in [1.54, 1.807) is 6.20 Å². The van der Waals surface area contributed by atoms with E-state index in [2.05, 4.69) is 10.1 Å². The van der Waals surface area contributed by atoms with Crippen LogP contribution in [-0.4, -0.2) is 29.4 Å². The molecule has 2 aromatic heterocycles. The van der Waals surface area contributed by atoms with Crippen molar-refractivity contribution in [1.82, 2.24) is 14.8 Å². The standard InChI is InChI=1S/C11H12ClN3O2S/c1-8-3-11(9(4-12)5-13-8)15-7-10(6-14-15)18(2,16)17/h3,5-7H,4H2,1-2H3. The molecule has 0 aliphatic heterocycles. The molecule has 5 nitrogen and oxygen atoms in total. The maximum Gasteiger partial charge on any atom is 0.178 e. The molecule has 0 radical (unpaired) electrons. The molecule has 0 aliphatic carbocycles. The zero-order valence-electron chi connectivity index (χ0n) is 9.96. The molecule has 0 amide bonds. The number of alkyl halides is 1. The Kier molecular flexibility index (Phi) is 3.41. The van der Waals surface area contributed by atoms with E-state index in [4.69, 9.17) is 11.6 Å². The van der Waals surface area contributed by atoms with Crippen LogP contribution < -0.4 is 0 Å². The van der Waals surface area contributed by atoms with E-state index in [0.29, 0.717) is 0 Å². The molecule has 0 atom stereocenters. The normalized spacial score (nSPS) is 11.7. The van der Waals surface area contributed by atoms with Crippen LogP contribution >= 0.6 is 11.6 Å². The Morgan fingerprint density at radius 1 is 1.39 bits per heavy atom. The van der Waals surface area contributed by atoms with Crippen molar-refractivity contribution in [3.63, 3.8) is 0 Å². The van der Waals surface area contributed by atoms with Crippen molar-refractivity contribution in [3.8, 4) is 5.69 Å². The van der Waals surface area contributed by atoms with Gasteiger partial charge in [0.15, 0.2) is 9.84 Å². The van der Waals surface area contributed by atoms with Crippen molar-refractivity contribution in [2.75, 3.05) is 6.26 Å². The van der Waals surface area contributed by atoms with Crippen LogP contribution in [0.4, 0.5) is 0 Å². The van der Waals surface area contributed by atoms with Gasteiger partial charge in [0.05, 0.1) is 17.8 Å². The molecule has 2 aromatic rings. The number of aromatic nitrogens is 3. The molecular formula is C11H12ClN3O2S. The summed E-state index contributed by atoms with van der Waals surface area (Å²) in [6.07, 6.45) is 5.61. The molecular weight excluding hydrogens is 274 g/mol. The summed E-state index contributed by atoms with van der Waals surface area (Å²) in [5.41, 5.74) is 2.35. The van der Waals surface area contributed by atoms with Gasteiger partial charge >= 0.3 is 0 Å². The van der Waals surface area contributed by atoms with Crippen LogP contribution in [-0.2, 0) is 15.7 Å². The summed E-state index contributed by atoms with van der Waals surface area (Å²) in [7, 11) is -3.25. The van der Waals surface area contributed by atoms with Gasteiger partial charge in [-0.1, -0.05) is 0 Å². The highest BCUT2D eigenvalue weighted by atomic mass is 35.5. The first-order valence-corrected chi connectivity index (χ1v) is 7.61. The number of rotatable bonds is 3. The predicted octanol–water partition coefficient (Wildman–Crippen LogP) is 1.72. The molecule has 0 saturated carbocycles. The number of hydrogen-bond donors (Lipinski definition) is 0. The second-order valence-corrected chi connectivity index (χ2v) is 6.26. The Labute approximate surface area is 110 Å². The number of sulfone groups is 1. The minimum atomic E-state index is -3.25. The smallest absolute Gasteiger partial charge is 0.178 e. The Balaban J connectivity index is 2.55. The Morgan fingerprint density at radius 3 is 2.67 bits per heavy atom. The number of hydrogen-bond acceptors (Lipinski definition) is 4. The van der Waals surface area contributed by atoms with Crippen molar-refractivity contribution in [1.29, 1.82) is 0 Å². The molecule has 0 aliphatic rings. The molecule has 2 rings (SSSR count). The van der Waals surface area contributed by atoms with Crippen LogP contribution in [0.15, 0.2) is 29.6 Å². The average molecular weight is 286 g/mol. The first-order chi connectivity index (χ1) is 8.41. The van der Waals surface area contributed by atoms with E-state index in [0.717, 1.165) is 23.2 Å². The lowest BCUT2D eigenvalue weighted by molar-refractivity contribution is 0.602. The number of pyridine rings is 1. The zero-order chi connectivity index (χ0) is 13.3. The zero-order valence-corrected chi connectivity index (χ0v) is 11.5. The fourth-order valence-corrected chi connectivity index (χ4v) is 2.26. The van der Waals surface area contributed by atoms with Crippen LogP contribution in [0, 0.1) is 6.92 Å². The van der Waals surface area contributed by atoms with E-state index < -0.39 is 9.84 Å². The lowest BCUT2D eigenvalue weighted by Gasteiger charge is -2.07. The van der Waals surface area contributed by atoms with Gasteiger partial charge in [0.25, 0.3) is 0 Å². The van der Waals surface area contributed by atoms with E-state index in [-0.39, 0.29) is 10.8 Å². The van der Waals surface area contributed by atoms with Gasteiger partial charge in [0.2, 0.25) is 0 Å². The molecule has 0 aromatic carbocycles. The van der Waals surface area contributed by atoms with E-state index >= 15 is 0 Å². The van der Waals surface area contributed by atoms with Crippen LogP contribution in [0.25, 0.3) is 5.69 Å². The van der Waals surface area contributed by atoms with Gasteiger partial charge < -0.3 is 0 Å². The number of halogens is 1. The van der Waals surface area contributed by atoms with Gasteiger partial charge in [0.1, 0.15) is 4.90 Å². The first-order valence-electron chi connectivity index (χ1n) is 5.18. The highest BCUT2D eigenvalue weighted by molar-refractivity contribution is 7.90. The molecule has 7 heteroatoms. The van der Waals surface area contributed by atoms with Crippen molar-refractivity contribution < 1.29 is 8.42 Å². The van der Waals surface area contributed by atoms with Gasteiger partial charge in [-0.2, -0.15) is 5.10 Å². The third kappa shape index (κ3) is 2.54. The largest absolute Gasteiger partial charge is 0.261 e. The number of nitrogens with zero attached hydrogens (tertiary/aromatic N) is 3. The van der Waals surface area contributed by atoms with E-state index in [1.807, 2.05) is 13.0 Å². The highest BCUT2D eigenvalue weighted by Gasteiger charge is 2.12. The van der Waals surface area contributed by atoms with Crippen molar-refractivity contribution in [2.45, 2.75) is 17.7 Å². The SMILES string of the molecule is Cc1cc(-n2cc(S(C)(=O)=O)cn2)c(CCl)cn1. The second-order valence-electron chi connectivity index (χ2n) is 3.98. The number of aryl methyl sites for hydroxylation is 1. The minimum absolute atomic E-state index is 0.178. The van der Waals surface area contributed by atoms with Gasteiger partial charge in [-0.3, -0.25) is 4.98 Å². The molecule has 2 heterocycles. The van der Waals surface area contributed by atoms with E-state index in [9.17, 15) is 8.42 Å². The quantitative estimate of drug-likeness (QED) is 0.806. The lowest BCUT2D eigenvalue weighted by Crippen LogP contribution is -2.01. The predicted molar refractivity (Wildman–Crippen MR) is 68.8 cm³/mol. The molecule has 0 spiro atoms. The Hall–Kier alpha value is -1.40. The van der Waals surface area contributed by atoms with Gasteiger partial charge in [-0.15, -0.1) is 11.6 Å². The van der Waals surface area contributed by atoms with Crippen LogP contribution in [0.5, 0.6) is 0 Å². The van der Waals surface area contributed by atoms with Gasteiger partial charge in [-0.25, -0.2) is 13.1 Å². The maximum absolute atomic E-state index is 11.4. The summed E-state index contributed by atoms with van der Waals surface area (Å²) in [6, 6.07) is 1.82. The fraction of sp³-hybridized carbons (Fsp3) is 0.273. The molecule has 0 bridgehead atoms. The fourth-order valence-electron chi connectivity index (χ4n) is 1.52. The molecule has 0 N–H and O–H groups in total. The highest BCUT2D eigenvalue weighted by Crippen LogP contribution is 2.18. The first kappa shape index (κ1) is 13.0. The lowest BCUT2D eigenvalue weighted by atomic mass is 10.2. The molecule has 0 saturated heterocycles. The summed E-state index contributed by atoms with van der Waals surface area (Å²) >= 11 is 5.83. The average Bonchev–Trinajstić information content (AvgIpc) is 2.77. The molecule has 0 fully saturated rings. The summed E-state index contributed by atoms with van der Waals surface area (Å²) in [5, 5.41) is 4.05. The van der Waals surface area contributed by atoms with E-state index in [1.165, 1.54) is 17.1 Å². The third-order valence-electron chi connectivity index (χ3n) is 2.48. The maximum atomic E-state index is 11.4.